The van der Waals surface area contributed by atoms with Gasteiger partial charge in [-0.05, 0) is 101 Å². The Bertz CT molecular complexity index is 1010. The number of nitrogens with one attached hydrogen (secondary N) is 1. The van der Waals surface area contributed by atoms with E-state index in [2.05, 4.69) is 14.5 Å². The van der Waals surface area contributed by atoms with Crippen molar-refractivity contribution < 1.29 is 12.8 Å². The number of hydrogen-bond acceptors (Lipinski definition) is 4. The Morgan fingerprint density at radius 2 is 1.75 bits per heavy atom. The van der Waals surface area contributed by atoms with E-state index in [1.54, 1.807) is 13.0 Å². The summed E-state index contributed by atoms with van der Waals surface area (Å²) in [5, 5.41) is 0. The molecule has 7 heteroatoms. The molecule has 0 radical (unpaired) electrons. The van der Waals surface area contributed by atoms with Crippen molar-refractivity contribution in [2.75, 3.05) is 37.4 Å². The molecule has 1 N–H and O–H groups in total. The first-order chi connectivity index (χ1) is 15.4. The molecule has 2 aliphatic heterocycles. The van der Waals surface area contributed by atoms with E-state index in [-0.39, 0.29) is 4.90 Å². The van der Waals surface area contributed by atoms with Crippen molar-refractivity contribution in [3.8, 4) is 0 Å². The monoisotopic (exact) mass is 459 g/mol. The summed E-state index contributed by atoms with van der Waals surface area (Å²) in [6.07, 6.45) is 7.44. The van der Waals surface area contributed by atoms with Gasteiger partial charge in [0.1, 0.15) is 5.82 Å². The van der Waals surface area contributed by atoms with Crippen LogP contribution in [0.2, 0.25) is 0 Å². The van der Waals surface area contributed by atoms with E-state index >= 15 is 0 Å². The number of rotatable bonds is 7. The first-order valence-electron chi connectivity index (χ1n) is 11.7. The van der Waals surface area contributed by atoms with Crippen LogP contribution in [0.15, 0.2) is 47.4 Å². The van der Waals surface area contributed by atoms with E-state index in [0.29, 0.717) is 11.3 Å². The van der Waals surface area contributed by atoms with Crippen LogP contribution in [0.5, 0.6) is 0 Å². The summed E-state index contributed by atoms with van der Waals surface area (Å²) in [7, 11) is -3.84. The van der Waals surface area contributed by atoms with Crippen LogP contribution in [-0.4, -0.2) is 57.0 Å². The van der Waals surface area contributed by atoms with Crippen molar-refractivity contribution in [2.45, 2.75) is 56.4 Å². The minimum Gasteiger partial charge on any atom is -0.303 e. The topological polar surface area (TPSA) is 52.7 Å². The number of nitrogens with zero attached hydrogens (tertiary/aromatic N) is 2. The van der Waals surface area contributed by atoms with Gasteiger partial charge in [0.05, 0.1) is 4.90 Å². The Morgan fingerprint density at radius 3 is 2.50 bits per heavy atom. The fourth-order valence-electron chi connectivity index (χ4n) is 4.94. The lowest BCUT2D eigenvalue weighted by Gasteiger charge is -2.40. The molecule has 4 rings (SSSR count). The van der Waals surface area contributed by atoms with Crippen LogP contribution >= 0.6 is 0 Å². The fraction of sp³-hybridized carbons (Fsp3) is 0.520. The normalized spacial score (nSPS) is 19.2. The van der Waals surface area contributed by atoms with E-state index in [4.69, 9.17) is 0 Å². The van der Waals surface area contributed by atoms with Gasteiger partial charge in [-0.2, -0.15) is 0 Å². The Hall–Kier alpha value is -1.96. The van der Waals surface area contributed by atoms with E-state index in [0.717, 1.165) is 43.7 Å². The predicted molar refractivity (Wildman–Crippen MR) is 127 cm³/mol. The molecular formula is C25H34FN3O2S. The van der Waals surface area contributed by atoms with Crippen molar-refractivity contribution >= 4 is 15.7 Å². The number of hydrogen-bond donors (Lipinski definition) is 1. The molecule has 0 unspecified atom stereocenters. The van der Waals surface area contributed by atoms with Crippen molar-refractivity contribution in [1.29, 1.82) is 0 Å². The third-order valence-electron chi connectivity index (χ3n) is 6.80. The third-order valence-corrected chi connectivity index (χ3v) is 8.32. The standard InChI is InChI=1S/C25H34FN3O2S/c1-20-8-9-22(26)19-25(20)32(30,31)27-23-7-5-6-21(18-23)10-15-28-16-11-24(12-17-28)29-13-3-2-4-14-29/h5-9,18-19,24,27H,2-4,10-17H2,1H3. The van der Waals surface area contributed by atoms with Crippen LogP contribution in [0.25, 0.3) is 0 Å². The maximum absolute atomic E-state index is 13.6. The number of aryl methyl sites for hydroxylation is 1. The highest BCUT2D eigenvalue weighted by Gasteiger charge is 2.25. The highest BCUT2D eigenvalue weighted by molar-refractivity contribution is 7.92. The molecule has 174 valence electrons. The number of sulfonamides is 1. The fourth-order valence-corrected chi connectivity index (χ4v) is 6.25. The molecule has 2 heterocycles. The molecule has 0 aliphatic carbocycles. The average Bonchev–Trinajstić information content (AvgIpc) is 2.80. The lowest BCUT2D eigenvalue weighted by atomic mass is 9.99. The lowest BCUT2D eigenvalue weighted by Crippen LogP contribution is -2.47. The number of halogens is 1. The summed E-state index contributed by atoms with van der Waals surface area (Å²) >= 11 is 0. The second-order valence-corrected chi connectivity index (χ2v) is 10.8. The van der Waals surface area contributed by atoms with Gasteiger partial charge in [0, 0.05) is 18.3 Å². The second-order valence-electron chi connectivity index (χ2n) is 9.14. The molecule has 2 aromatic rings. The molecule has 0 amide bonds. The SMILES string of the molecule is Cc1ccc(F)cc1S(=O)(=O)Nc1cccc(CCN2CCC(N3CCCCC3)CC2)c1. The highest BCUT2D eigenvalue weighted by Crippen LogP contribution is 2.23. The summed E-state index contributed by atoms with van der Waals surface area (Å²) < 4.78 is 41.7. The minimum atomic E-state index is -3.84. The molecule has 0 spiro atoms. The molecule has 2 saturated heterocycles. The number of benzene rings is 2. The zero-order valence-corrected chi connectivity index (χ0v) is 19.7. The minimum absolute atomic E-state index is 0.0283. The first-order valence-corrected chi connectivity index (χ1v) is 13.2. The Balaban J connectivity index is 1.31. The molecule has 2 fully saturated rings. The molecular weight excluding hydrogens is 425 g/mol. The average molecular weight is 460 g/mol. The van der Waals surface area contributed by atoms with Gasteiger partial charge in [0.25, 0.3) is 10.0 Å². The molecule has 2 aromatic carbocycles. The summed E-state index contributed by atoms with van der Waals surface area (Å²) in [4.78, 5) is 5.18. The molecule has 0 atom stereocenters. The number of anilines is 1. The van der Waals surface area contributed by atoms with Crippen LogP contribution < -0.4 is 4.72 Å². The van der Waals surface area contributed by atoms with Gasteiger partial charge in [-0.1, -0.05) is 24.6 Å². The van der Waals surface area contributed by atoms with Crippen LogP contribution in [0, 0.1) is 12.7 Å². The van der Waals surface area contributed by atoms with Gasteiger partial charge < -0.3 is 9.80 Å². The molecule has 0 aromatic heterocycles. The summed E-state index contributed by atoms with van der Waals surface area (Å²) in [5.74, 6) is -0.561. The van der Waals surface area contributed by atoms with Gasteiger partial charge in [-0.25, -0.2) is 12.8 Å². The van der Waals surface area contributed by atoms with Crippen molar-refractivity contribution in [2.24, 2.45) is 0 Å². The van der Waals surface area contributed by atoms with E-state index in [1.165, 1.54) is 57.3 Å². The van der Waals surface area contributed by atoms with Crippen molar-refractivity contribution in [3.05, 3.63) is 59.4 Å². The van der Waals surface area contributed by atoms with E-state index < -0.39 is 15.8 Å². The van der Waals surface area contributed by atoms with Gasteiger partial charge >= 0.3 is 0 Å². The van der Waals surface area contributed by atoms with Crippen LogP contribution in [0.1, 0.15) is 43.2 Å². The maximum atomic E-state index is 13.6. The van der Waals surface area contributed by atoms with Crippen molar-refractivity contribution in [1.82, 2.24) is 9.80 Å². The smallest absolute Gasteiger partial charge is 0.262 e. The third kappa shape index (κ3) is 5.88. The van der Waals surface area contributed by atoms with Gasteiger partial charge in [-0.3, -0.25) is 4.72 Å². The van der Waals surface area contributed by atoms with Crippen LogP contribution in [0.4, 0.5) is 10.1 Å². The predicted octanol–water partition coefficient (Wildman–Crippen LogP) is 4.43. The maximum Gasteiger partial charge on any atom is 0.262 e. The largest absolute Gasteiger partial charge is 0.303 e. The Morgan fingerprint density at radius 1 is 1.00 bits per heavy atom. The van der Waals surface area contributed by atoms with Gasteiger partial charge in [-0.15, -0.1) is 0 Å². The molecule has 0 bridgehead atoms. The van der Waals surface area contributed by atoms with Gasteiger partial charge in [0.15, 0.2) is 0 Å². The first kappa shape index (κ1) is 23.2. The highest BCUT2D eigenvalue weighted by atomic mass is 32.2. The summed E-state index contributed by atoms with van der Waals surface area (Å²) in [5.41, 5.74) is 2.12. The molecule has 32 heavy (non-hydrogen) atoms. The quantitative estimate of drug-likeness (QED) is 0.666. The van der Waals surface area contributed by atoms with Crippen LogP contribution in [0.3, 0.4) is 0 Å². The summed E-state index contributed by atoms with van der Waals surface area (Å²) in [6.45, 7) is 7.44. The molecule has 2 aliphatic rings. The number of likely N-dealkylation sites (tertiary alicyclic amines) is 2. The van der Waals surface area contributed by atoms with Crippen molar-refractivity contribution in [3.63, 3.8) is 0 Å². The number of piperidine rings is 2. The van der Waals surface area contributed by atoms with E-state index in [1.807, 2.05) is 18.2 Å². The van der Waals surface area contributed by atoms with Crippen LogP contribution in [-0.2, 0) is 16.4 Å². The molecule has 5 nitrogen and oxygen atoms in total. The molecule has 0 saturated carbocycles. The lowest BCUT2D eigenvalue weighted by molar-refractivity contribution is 0.0931. The zero-order chi connectivity index (χ0) is 22.6. The summed E-state index contributed by atoms with van der Waals surface area (Å²) in [6, 6.07) is 12.1. The Labute approximate surface area is 191 Å². The Kier molecular flexibility index (Phi) is 7.48. The van der Waals surface area contributed by atoms with E-state index in [9.17, 15) is 12.8 Å². The zero-order valence-electron chi connectivity index (χ0n) is 18.9. The second kappa shape index (κ2) is 10.3. The van der Waals surface area contributed by atoms with Gasteiger partial charge in [0.2, 0.25) is 0 Å².